The topological polar surface area (TPSA) is 86.3 Å². The van der Waals surface area contributed by atoms with Crippen molar-refractivity contribution < 1.29 is 22.7 Å². The zero-order valence-electron chi connectivity index (χ0n) is 19.5. The van der Waals surface area contributed by atoms with Crippen molar-refractivity contribution in [3.8, 4) is 17.0 Å². The van der Waals surface area contributed by atoms with E-state index in [-0.39, 0.29) is 28.6 Å². The maximum Gasteiger partial charge on any atom is 0.433 e. The Balaban J connectivity index is 1.60. The van der Waals surface area contributed by atoms with Crippen LogP contribution in [0.5, 0.6) is 5.75 Å². The summed E-state index contributed by atoms with van der Waals surface area (Å²) in [6, 6.07) is 7.28. The highest BCUT2D eigenvalue weighted by Gasteiger charge is 2.36. The molecule has 1 N–H and O–H groups in total. The Kier molecular flexibility index (Phi) is 7.14. The standard InChI is InChI=1S/C23H21Cl2F3N6O2/c1-12-18(24)13(2)33(31-12)9-5-8-29-22(35)20-19(25)21-30-16(14-6-4-7-15(10-14)36-3)11-17(23(26,27)28)34(21)32-20/h4,6-7,10-11H,5,8-9H2,1-3H3,(H,29,35). The molecular weight excluding hydrogens is 520 g/mol. The van der Waals surface area contributed by atoms with Crippen LogP contribution in [-0.2, 0) is 12.7 Å². The van der Waals surface area contributed by atoms with Crippen molar-refractivity contribution in [2.24, 2.45) is 0 Å². The van der Waals surface area contributed by atoms with Gasteiger partial charge in [-0.1, -0.05) is 35.3 Å². The summed E-state index contributed by atoms with van der Waals surface area (Å²) in [5.74, 6) is -0.266. The van der Waals surface area contributed by atoms with Crippen LogP contribution in [0.25, 0.3) is 16.9 Å². The molecule has 0 saturated heterocycles. The number of halogens is 5. The average Bonchev–Trinajstić information content (AvgIpc) is 3.31. The fourth-order valence-corrected chi connectivity index (χ4v) is 4.06. The molecule has 0 bridgehead atoms. The number of nitrogens with one attached hydrogen (secondary N) is 1. The third-order valence-corrected chi connectivity index (χ3v) is 6.42. The van der Waals surface area contributed by atoms with E-state index in [1.807, 2.05) is 6.92 Å². The number of aryl methyl sites for hydroxylation is 2. The summed E-state index contributed by atoms with van der Waals surface area (Å²) >= 11 is 12.5. The Morgan fingerprint density at radius 2 is 1.89 bits per heavy atom. The van der Waals surface area contributed by atoms with Crippen molar-refractivity contribution in [1.29, 1.82) is 0 Å². The molecule has 4 rings (SSSR count). The van der Waals surface area contributed by atoms with Gasteiger partial charge in [0.15, 0.2) is 17.0 Å². The fraction of sp³-hybridized carbons (Fsp3) is 0.304. The first-order chi connectivity index (χ1) is 17.0. The van der Waals surface area contributed by atoms with E-state index in [1.54, 1.807) is 35.9 Å². The number of hydrogen-bond donors (Lipinski definition) is 1. The van der Waals surface area contributed by atoms with Crippen LogP contribution >= 0.6 is 23.2 Å². The number of carbonyl (C=O) groups is 1. The van der Waals surface area contributed by atoms with Gasteiger partial charge in [-0.15, -0.1) is 0 Å². The van der Waals surface area contributed by atoms with Gasteiger partial charge in [0.05, 0.1) is 29.2 Å². The van der Waals surface area contributed by atoms with Crippen LogP contribution in [0.4, 0.5) is 13.2 Å². The van der Waals surface area contributed by atoms with E-state index < -0.39 is 17.8 Å². The molecule has 1 amide bonds. The van der Waals surface area contributed by atoms with Crippen molar-refractivity contribution >= 4 is 34.8 Å². The number of rotatable bonds is 7. The first-order valence-electron chi connectivity index (χ1n) is 10.8. The molecular formula is C23H21Cl2F3N6O2. The predicted octanol–water partition coefficient (Wildman–Crippen LogP) is 5.36. The highest BCUT2D eigenvalue weighted by Crippen LogP contribution is 2.35. The van der Waals surface area contributed by atoms with Crippen molar-refractivity contribution in [2.75, 3.05) is 13.7 Å². The van der Waals surface area contributed by atoms with Crippen LogP contribution in [-0.4, -0.2) is 43.9 Å². The lowest BCUT2D eigenvalue weighted by molar-refractivity contribution is -0.142. The number of ether oxygens (including phenoxy) is 1. The van der Waals surface area contributed by atoms with Crippen molar-refractivity contribution in [2.45, 2.75) is 33.0 Å². The second-order valence-corrected chi connectivity index (χ2v) is 8.73. The summed E-state index contributed by atoms with van der Waals surface area (Å²) in [6.45, 7) is 4.33. The maximum absolute atomic E-state index is 13.9. The molecule has 8 nitrogen and oxygen atoms in total. The maximum atomic E-state index is 13.9. The number of amides is 1. The summed E-state index contributed by atoms with van der Waals surface area (Å²) in [4.78, 5) is 17.0. The zero-order valence-corrected chi connectivity index (χ0v) is 21.0. The van der Waals surface area contributed by atoms with Gasteiger partial charge in [0, 0.05) is 18.7 Å². The number of methoxy groups -OCH3 is 1. The Morgan fingerprint density at radius 3 is 2.53 bits per heavy atom. The molecule has 0 aliphatic heterocycles. The Labute approximate surface area is 214 Å². The van der Waals surface area contributed by atoms with E-state index in [9.17, 15) is 18.0 Å². The van der Waals surface area contributed by atoms with E-state index in [2.05, 4.69) is 20.5 Å². The number of nitrogens with zero attached hydrogens (tertiary/aromatic N) is 5. The van der Waals surface area contributed by atoms with Gasteiger partial charge in [0.1, 0.15) is 10.8 Å². The average molecular weight is 541 g/mol. The van der Waals surface area contributed by atoms with E-state index in [0.717, 1.165) is 11.8 Å². The molecule has 0 saturated carbocycles. The number of benzene rings is 1. The highest BCUT2D eigenvalue weighted by atomic mass is 35.5. The Bertz CT molecular complexity index is 1450. The van der Waals surface area contributed by atoms with E-state index in [4.69, 9.17) is 27.9 Å². The lowest BCUT2D eigenvalue weighted by atomic mass is 10.1. The van der Waals surface area contributed by atoms with Gasteiger partial charge in [0.25, 0.3) is 5.91 Å². The summed E-state index contributed by atoms with van der Waals surface area (Å²) in [7, 11) is 1.45. The van der Waals surface area contributed by atoms with Crippen molar-refractivity contribution in [3.63, 3.8) is 0 Å². The number of aromatic nitrogens is 5. The van der Waals surface area contributed by atoms with Crippen LogP contribution in [0.2, 0.25) is 10.0 Å². The molecule has 0 aliphatic rings. The molecule has 1 aromatic carbocycles. The molecule has 3 heterocycles. The quantitative estimate of drug-likeness (QED) is 0.319. The van der Waals surface area contributed by atoms with Crippen LogP contribution in [0.1, 0.15) is 34.0 Å². The third-order valence-electron chi connectivity index (χ3n) is 5.53. The van der Waals surface area contributed by atoms with Crippen LogP contribution in [0, 0.1) is 13.8 Å². The monoisotopic (exact) mass is 540 g/mol. The highest BCUT2D eigenvalue weighted by molar-refractivity contribution is 6.36. The largest absolute Gasteiger partial charge is 0.497 e. The number of fused-ring (bicyclic) bond motifs is 1. The van der Waals surface area contributed by atoms with Gasteiger partial charge in [-0.2, -0.15) is 23.4 Å². The number of hydrogen-bond acceptors (Lipinski definition) is 5. The van der Waals surface area contributed by atoms with Gasteiger partial charge in [-0.25, -0.2) is 9.50 Å². The zero-order chi connectivity index (χ0) is 26.2. The van der Waals surface area contributed by atoms with Gasteiger partial charge in [-0.3, -0.25) is 9.48 Å². The molecule has 0 atom stereocenters. The summed E-state index contributed by atoms with van der Waals surface area (Å²) in [6.07, 6.45) is -4.28. The normalized spacial score (nSPS) is 11.8. The lowest BCUT2D eigenvalue weighted by Crippen LogP contribution is -2.26. The number of alkyl halides is 3. The Morgan fingerprint density at radius 1 is 1.14 bits per heavy atom. The van der Waals surface area contributed by atoms with Gasteiger partial charge in [0.2, 0.25) is 0 Å². The number of carbonyl (C=O) groups excluding carboxylic acids is 1. The molecule has 36 heavy (non-hydrogen) atoms. The second-order valence-electron chi connectivity index (χ2n) is 7.97. The molecule has 13 heteroatoms. The summed E-state index contributed by atoms with van der Waals surface area (Å²) in [5, 5.41) is 11.1. The molecule has 0 spiro atoms. The molecule has 0 unspecified atom stereocenters. The first-order valence-corrected chi connectivity index (χ1v) is 11.6. The predicted molar refractivity (Wildman–Crippen MR) is 129 cm³/mol. The lowest BCUT2D eigenvalue weighted by Gasteiger charge is -2.11. The molecule has 3 aromatic heterocycles. The minimum Gasteiger partial charge on any atom is -0.497 e. The molecule has 0 radical (unpaired) electrons. The summed E-state index contributed by atoms with van der Waals surface area (Å²) < 4.78 is 49.1. The van der Waals surface area contributed by atoms with Gasteiger partial charge >= 0.3 is 6.18 Å². The van der Waals surface area contributed by atoms with Crippen LogP contribution in [0.15, 0.2) is 30.3 Å². The second kappa shape index (κ2) is 9.98. The fourth-order valence-electron chi connectivity index (χ4n) is 3.68. The molecule has 0 fully saturated rings. The van der Waals surface area contributed by atoms with E-state index >= 15 is 0 Å². The smallest absolute Gasteiger partial charge is 0.433 e. The molecule has 190 valence electrons. The third kappa shape index (κ3) is 4.98. The van der Waals surface area contributed by atoms with E-state index in [0.29, 0.717) is 39.5 Å². The Hall–Kier alpha value is -3.31. The SMILES string of the molecule is COc1cccc(-c2cc(C(F)(F)F)n3nc(C(=O)NCCCn4nc(C)c(Cl)c4C)c(Cl)c3n2)c1. The van der Waals surface area contributed by atoms with Crippen LogP contribution < -0.4 is 10.1 Å². The molecule has 4 aromatic rings. The van der Waals surface area contributed by atoms with Gasteiger partial charge < -0.3 is 10.1 Å². The van der Waals surface area contributed by atoms with E-state index in [1.165, 1.54) is 7.11 Å². The summed E-state index contributed by atoms with van der Waals surface area (Å²) in [5.41, 5.74) is 0.143. The van der Waals surface area contributed by atoms with Crippen LogP contribution in [0.3, 0.4) is 0 Å². The van der Waals surface area contributed by atoms with Crippen molar-refractivity contribution in [1.82, 2.24) is 29.7 Å². The van der Waals surface area contributed by atoms with Crippen molar-refractivity contribution in [3.05, 3.63) is 63.2 Å². The minimum absolute atomic E-state index is 0.00558. The molecule has 0 aliphatic carbocycles. The van der Waals surface area contributed by atoms with Gasteiger partial charge in [-0.05, 0) is 38.5 Å². The minimum atomic E-state index is -4.78. The first kappa shape index (κ1) is 25.8.